The third kappa shape index (κ3) is 2.76. The first-order chi connectivity index (χ1) is 12.0. The van der Waals surface area contributed by atoms with Crippen LogP contribution in [0.4, 0.5) is 5.69 Å². The molecule has 1 amide bonds. The van der Waals surface area contributed by atoms with Gasteiger partial charge in [0.15, 0.2) is 0 Å². The molecular formula is C20H20N2O3. The number of carbonyl (C=O) groups excluding carboxylic acids is 1. The van der Waals surface area contributed by atoms with Crippen molar-refractivity contribution in [3.8, 4) is 0 Å². The number of aromatic carboxylic acids is 1. The van der Waals surface area contributed by atoms with Crippen LogP contribution in [-0.4, -0.2) is 42.0 Å². The predicted octanol–water partition coefficient (Wildman–Crippen LogP) is 2.58. The van der Waals surface area contributed by atoms with Crippen molar-refractivity contribution in [2.24, 2.45) is 0 Å². The van der Waals surface area contributed by atoms with Crippen LogP contribution in [0.3, 0.4) is 0 Å². The number of anilines is 1. The van der Waals surface area contributed by atoms with E-state index in [1.54, 1.807) is 12.1 Å². The van der Waals surface area contributed by atoms with Crippen molar-refractivity contribution >= 4 is 17.6 Å². The molecular weight excluding hydrogens is 316 g/mol. The standard InChI is InChI=1S/C20H20N2O3/c1-21-8-6-14-11-15(4-5-18(14)21)19(23)22-9-7-13-10-16(20(24)25)2-3-17(13)12-22/h2-5,10-11H,6-9,12H2,1H3,(H,24,25). The van der Waals surface area contributed by atoms with Gasteiger partial charge in [-0.05, 0) is 59.9 Å². The van der Waals surface area contributed by atoms with Gasteiger partial charge in [0.1, 0.15) is 0 Å². The van der Waals surface area contributed by atoms with Gasteiger partial charge in [0.25, 0.3) is 5.91 Å². The average Bonchev–Trinajstić information content (AvgIpc) is 3.00. The summed E-state index contributed by atoms with van der Waals surface area (Å²) in [5.41, 5.74) is 5.55. The summed E-state index contributed by atoms with van der Waals surface area (Å²) in [7, 11) is 2.07. The van der Waals surface area contributed by atoms with E-state index in [4.69, 9.17) is 5.11 Å². The molecule has 0 spiro atoms. The number of fused-ring (bicyclic) bond motifs is 2. The van der Waals surface area contributed by atoms with Crippen molar-refractivity contribution in [2.75, 3.05) is 25.0 Å². The minimum absolute atomic E-state index is 0.0466. The smallest absolute Gasteiger partial charge is 0.335 e. The highest BCUT2D eigenvalue weighted by molar-refractivity contribution is 5.95. The number of rotatable bonds is 2. The summed E-state index contributed by atoms with van der Waals surface area (Å²) in [6, 6.07) is 11.1. The summed E-state index contributed by atoms with van der Waals surface area (Å²) in [6.45, 7) is 2.15. The molecule has 0 radical (unpaired) electrons. The molecule has 2 heterocycles. The molecule has 2 aliphatic heterocycles. The van der Waals surface area contributed by atoms with Gasteiger partial charge in [-0.3, -0.25) is 4.79 Å². The number of carbonyl (C=O) groups is 2. The van der Waals surface area contributed by atoms with Crippen molar-refractivity contribution < 1.29 is 14.7 Å². The van der Waals surface area contributed by atoms with Crippen molar-refractivity contribution in [3.63, 3.8) is 0 Å². The molecule has 25 heavy (non-hydrogen) atoms. The predicted molar refractivity (Wildman–Crippen MR) is 95.3 cm³/mol. The second kappa shape index (κ2) is 5.92. The topological polar surface area (TPSA) is 60.9 Å². The second-order valence-electron chi connectivity index (χ2n) is 6.78. The van der Waals surface area contributed by atoms with Crippen LogP contribution in [0.25, 0.3) is 0 Å². The Hall–Kier alpha value is -2.82. The number of benzene rings is 2. The lowest BCUT2D eigenvalue weighted by molar-refractivity contribution is 0.0692. The van der Waals surface area contributed by atoms with E-state index in [1.807, 2.05) is 29.2 Å². The number of likely N-dealkylation sites (N-methyl/N-ethyl adjacent to an activating group) is 1. The first-order valence-electron chi connectivity index (χ1n) is 8.51. The summed E-state index contributed by atoms with van der Waals surface area (Å²) < 4.78 is 0. The van der Waals surface area contributed by atoms with E-state index in [2.05, 4.69) is 11.9 Å². The molecule has 0 saturated carbocycles. The Morgan fingerprint density at radius 2 is 1.64 bits per heavy atom. The first kappa shape index (κ1) is 15.7. The monoisotopic (exact) mass is 336 g/mol. The van der Waals surface area contributed by atoms with Gasteiger partial charge in [-0.25, -0.2) is 4.79 Å². The Balaban J connectivity index is 1.55. The molecule has 0 saturated heterocycles. The van der Waals surface area contributed by atoms with Crippen LogP contribution < -0.4 is 4.90 Å². The Morgan fingerprint density at radius 3 is 2.44 bits per heavy atom. The molecule has 4 rings (SSSR count). The van der Waals surface area contributed by atoms with Gasteiger partial charge < -0.3 is 14.9 Å². The largest absolute Gasteiger partial charge is 0.478 e. The zero-order valence-electron chi connectivity index (χ0n) is 14.2. The molecule has 0 atom stereocenters. The van der Waals surface area contributed by atoms with Gasteiger partial charge in [-0.2, -0.15) is 0 Å². The van der Waals surface area contributed by atoms with Crippen LogP contribution in [0, 0.1) is 0 Å². The number of hydrogen-bond acceptors (Lipinski definition) is 3. The summed E-state index contributed by atoms with van der Waals surface area (Å²) in [5, 5.41) is 9.10. The molecule has 0 aromatic heterocycles. The van der Waals surface area contributed by atoms with Crippen molar-refractivity contribution in [1.29, 1.82) is 0 Å². The third-order valence-corrected chi connectivity index (χ3v) is 5.21. The maximum Gasteiger partial charge on any atom is 0.335 e. The van der Waals surface area contributed by atoms with Crippen LogP contribution in [0.2, 0.25) is 0 Å². The van der Waals surface area contributed by atoms with Crippen LogP contribution in [0.5, 0.6) is 0 Å². The molecule has 0 unspecified atom stereocenters. The Labute approximate surface area is 146 Å². The Morgan fingerprint density at radius 1 is 0.920 bits per heavy atom. The summed E-state index contributed by atoms with van der Waals surface area (Å²) in [4.78, 5) is 28.0. The molecule has 0 aliphatic carbocycles. The summed E-state index contributed by atoms with van der Waals surface area (Å²) >= 11 is 0. The second-order valence-corrected chi connectivity index (χ2v) is 6.78. The van der Waals surface area contributed by atoms with Crippen molar-refractivity contribution in [2.45, 2.75) is 19.4 Å². The van der Waals surface area contributed by atoms with E-state index in [0.717, 1.165) is 29.7 Å². The summed E-state index contributed by atoms with van der Waals surface area (Å²) in [6.07, 6.45) is 1.67. The number of nitrogens with zero attached hydrogens (tertiary/aromatic N) is 2. The maximum atomic E-state index is 12.9. The lowest BCUT2D eigenvalue weighted by Gasteiger charge is -2.29. The minimum Gasteiger partial charge on any atom is -0.478 e. The maximum absolute atomic E-state index is 12.9. The van der Waals surface area contributed by atoms with E-state index >= 15 is 0 Å². The summed E-state index contributed by atoms with van der Waals surface area (Å²) in [5.74, 6) is -0.866. The number of carboxylic acid groups (broad SMARTS) is 1. The zero-order valence-corrected chi connectivity index (χ0v) is 14.2. The van der Waals surface area contributed by atoms with E-state index in [9.17, 15) is 9.59 Å². The average molecular weight is 336 g/mol. The highest BCUT2D eigenvalue weighted by Crippen LogP contribution is 2.28. The van der Waals surface area contributed by atoms with Crippen LogP contribution in [0.1, 0.15) is 37.4 Å². The first-order valence-corrected chi connectivity index (χ1v) is 8.51. The van der Waals surface area contributed by atoms with Gasteiger partial charge in [-0.1, -0.05) is 6.07 Å². The number of hydrogen-bond donors (Lipinski definition) is 1. The molecule has 5 nitrogen and oxygen atoms in total. The molecule has 2 aliphatic rings. The molecule has 5 heteroatoms. The molecule has 1 N–H and O–H groups in total. The minimum atomic E-state index is -0.913. The fourth-order valence-corrected chi connectivity index (χ4v) is 3.74. The fraction of sp³-hybridized carbons (Fsp3) is 0.300. The van der Waals surface area contributed by atoms with Crippen LogP contribution >= 0.6 is 0 Å². The normalized spacial score (nSPS) is 15.7. The van der Waals surface area contributed by atoms with Gasteiger partial charge in [-0.15, -0.1) is 0 Å². The van der Waals surface area contributed by atoms with Crippen molar-refractivity contribution in [3.05, 3.63) is 64.2 Å². The van der Waals surface area contributed by atoms with E-state index in [-0.39, 0.29) is 5.91 Å². The van der Waals surface area contributed by atoms with Gasteiger partial charge in [0.05, 0.1) is 5.56 Å². The fourth-order valence-electron chi connectivity index (χ4n) is 3.74. The van der Waals surface area contributed by atoms with E-state index < -0.39 is 5.97 Å². The highest BCUT2D eigenvalue weighted by atomic mass is 16.4. The van der Waals surface area contributed by atoms with E-state index in [1.165, 1.54) is 11.3 Å². The van der Waals surface area contributed by atoms with Gasteiger partial charge in [0.2, 0.25) is 0 Å². The molecule has 2 aromatic carbocycles. The van der Waals surface area contributed by atoms with E-state index in [0.29, 0.717) is 25.1 Å². The van der Waals surface area contributed by atoms with Gasteiger partial charge >= 0.3 is 5.97 Å². The third-order valence-electron chi connectivity index (χ3n) is 5.21. The molecule has 0 bridgehead atoms. The number of carboxylic acids is 1. The molecule has 128 valence electrons. The quantitative estimate of drug-likeness (QED) is 0.916. The lowest BCUT2D eigenvalue weighted by Crippen LogP contribution is -2.36. The molecule has 0 fully saturated rings. The Kier molecular flexibility index (Phi) is 3.71. The van der Waals surface area contributed by atoms with Crippen LogP contribution in [-0.2, 0) is 19.4 Å². The highest BCUT2D eigenvalue weighted by Gasteiger charge is 2.24. The van der Waals surface area contributed by atoms with Gasteiger partial charge in [0, 0.05) is 37.9 Å². The lowest BCUT2D eigenvalue weighted by atomic mass is 9.96. The SMILES string of the molecule is CN1CCc2cc(C(=O)N3CCc4cc(C(=O)O)ccc4C3)ccc21. The zero-order chi connectivity index (χ0) is 17.6. The van der Waals surface area contributed by atoms with Crippen molar-refractivity contribution in [1.82, 2.24) is 4.90 Å². The Bertz CT molecular complexity index is 875. The molecule has 2 aromatic rings. The van der Waals surface area contributed by atoms with Crippen LogP contribution in [0.15, 0.2) is 36.4 Å². The number of amides is 1.